The van der Waals surface area contributed by atoms with Gasteiger partial charge < -0.3 is 4.74 Å². The molecule has 3 aromatic rings. The summed E-state index contributed by atoms with van der Waals surface area (Å²) in [6, 6.07) is 17.5. The summed E-state index contributed by atoms with van der Waals surface area (Å²) in [6.45, 7) is 1.88. The molecule has 0 N–H and O–H groups in total. The lowest BCUT2D eigenvalue weighted by Gasteiger charge is -2.16. The number of halogens is 3. The van der Waals surface area contributed by atoms with E-state index >= 15 is 0 Å². The van der Waals surface area contributed by atoms with Crippen LogP contribution in [0.15, 0.2) is 60.7 Å². The standard InChI is InChI=1S/C23H22F3NO/c1-3-18-12-15-21(23(24,25)26)22(27-18)20-7-5-4-6-17(20)11-8-16-9-13-19(28-2)14-10-16/h4-7,9-10,12-15H,3,8,11H2,1-2H3. The predicted molar refractivity (Wildman–Crippen MR) is 104 cm³/mol. The highest BCUT2D eigenvalue weighted by atomic mass is 19.4. The first-order chi connectivity index (χ1) is 13.4. The quantitative estimate of drug-likeness (QED) is 0.510. The normalized spacial score (nSPS) is 11.5. The van der Waals surface area contributed by atoms with Gasteiger partial charge in [-0.15, -0.1) is 0 Å². The molecule has 0 fully saturated rings. The van der Waals surface area contributed by atoms with Crippen molar-refractivity contribution in [2.24, 2.45) is 0 Å². The monoisotopic (exact) mass is 385 g/mol. The minimum atomic E-state index is -4.45. The minimum absolute atomic E-state index is 0.0113. The molecule has 0 saturated heterocycles. The second-order valence-electron chi connectivity index (χ2n) is 6.56. The van der Waals surface area contributed by atoms with Crippen LogP contribution < -0.4 is 4.74 Å². The van der Waals surface area contributed by atoms with Gasteiger partial charge >= 0.3 is 6.18 Å². The Hall–Kier alpha value is -2.82. The van der Waals surface area contributed by atoms with Crippen LogP contribution in [0.3, 0.4) is 0 Å². The van der Waals surface area contributed by atoms with Crippen LogP contribution in [-0.4, -0.2) is 12.1 Å². The molecule has 0 aliphatic rings. The van der Waals surface area contributed by atoms with Crippen molar-refractivity contribution in [3.8, 4) is 17.0 Å². The summed E-state index contributed by atoms with van der Waals surface area (Å²) in [5.41, 5.74) is 2.46. The van der Waals surface area contributed by atoms with Crippen LogP contribution in [0.1, 0.15) is 29.3 Å². The Morgan fingerprint density at radius 1 is 0.893 bits per heavy atom. The molecular formula is C23H22F3NO. The van der Waals surface area contributed by atoms with E-state index in [9.17, 15) is 13.2 Å². The molecule has 0 unspecified atom stereocenters. The highest BCUT2D eigenvalue weighted by molar-refractivity contribution is 5.68. The summed E-state index contributed by atoms with van der Waals surface area (Å²) in [6.07, 6.45) is -2.52. The van der Waals surface area contributed by atoms with Gasteiger partial charge in [-0.25, -0.2) is 0 Å². The Morgan fingerprint density at radius 2 is 1.61 bits per heavy atom. The smallest absolute Gasteiger partial charge is 0.418 e. The number of aryl methyl sites for hydroxylation is 3. The molecule has 0 atom stereocenters. The van der Waals surface area contributed by atoms with Gasteiger partial charge in [0.05, 0.1) is 18.4 Å². The van der Waals surface area contributed by atoms with Crippen LogP contribution in [-0.2, 0) is 25.4 Å². The lowest BCUT2D eigenvalue weighted by molar-refractivity contribution is -0.137. The fourth-order valence-corrected chi connectivity index (χ4v) is 3.17. The summed E-state index contributed by atoms with van der Waals surface area (Å²) in [5.74, 6) is 0.777. The number of benzene rings is 2. The van der Waals surface area contributed by atoms with Crippen LogP contribution in [0.25, 0.3) is 11.3 Å². The highest BCUT2D eigenvalue weighted by Gasteiger charge is 2.35. The molecule has 146 valence electrons. The molecule has 0 saturated carbocycles. The highest BCUT2D eigenvalue weighted by Crippen LogP contribution is 2.37. The molecule has 2 nitrogen and oxygen atoms in total. The molecule has 0 aliphatic carbocycles. The molecule has 0 amide bonds. The molecule has 1 aromatic heterocycles. The van der Waals surface area contributed by atoms with E-state index in [-0.39, 0.29) is 5.69 Å². The fraction of sp³-hybridized carbons (Fsp3) is 0.261. The zero-order chi connectivity index (χ0) is 20.1. The van der Waals surface area contributed by atoms with E-state index in [0.717, 1.165) is 29.4 Å². The summed E-state index contributed by atoms with van der Waals surface area (Å²) < 4.78 is 45.9. The van der Waals surface area contributed by atoms with E-state index in [1.807, 2.05) is 43.3 Å². The van der Waals surface area contributed by atoms with E-state index in [1.54, 1.807) is 19.2 Å². The van der Waals surface area contributed by atoms with Crippen molar-refractivity contribution in [1.82, 2.24) is 4.98 Å². The maximum absolute atomic E-state index is 13.6. The van der Waals surface area contributed by atoms with Gasteiger partial charge in [0.2, 0.25) is 0 Å². The number of rotatable bonds is 6. The second-order valence-corrected chi connectivity index (χ2v) is 6.56. The van der Waals surface area contributed by atoms with E-state index in [1.165, 1.54) is 6.07 Å². The predicted octanol–water partition coefficient (Wildman–Crippen LogP) is 6.12. The van der Waals surface area contributed by atoms with Crippen molar-refractivity contribution < 1.29 is 17.9 Å². The van der Waals surface area contributed by atoms with Crippen molar-refractivity contribution in [3.63, 3.8) is 0 Å². The molecule has 3 rings (SSSR count). The number of pyridine rings is 1. The summed E-state index contributed by atoms with van der Waals surface area (Å²) in [5, 5.41) is 0. The van der Waals surface area contributed by atoms with Gasteiger partial charge in [0.25, 0.3) is 0 Å². The number of methoxy groups -OCH3 is 1. The third-order valence-corrected chi connectivity index (χ3v) is 4.74. The zero-order valence-electron chi connectivity index (χ0n) is 15.9. The van der Waals surface area contributed by atoms with Crippen molar-refractivity contribution in [3.05, 3.63) is 83.0 Å². The van der Waals surface area contributed by atoms with Crippen molar-refractivity contribution in [1.29, 1.82) is 0 Å². The Morgan fingerprint density at radius 3 is 2.25 bits per heavy atom. The molecule has 0 bridgehead atoms. The molecule has 1 heterocycles. The molecular weight excluding hydrogens is 363 g/mol. The van der Waals surface area contributed by atoms with Crippen LogP contribution in [0, 0.1) is 0 Å². The first-order valence-corrected chi connectivity index (χ1v) is 9.20. The van der Waals surface area contributed by atoms with Crippen LogP contribution in [0.2, 0.25) is 0 Å². The van der Waals surface area contributed by atoms with Crippen LogP contribution in [0.4, 0.5) is 13.2 Å². The van der Waals surface area contributed by atoms with E-state index < -0.39 is 11.7 Å². The van der Waals surface area contributed by atoms with E-state index in [0.29, 0.717) is 24.1 Å². The molecule has 2 aromatic carbocycles. The third kappa shape index (κ3) is 4.53. The first kappa shape index (κ1) is 19.9. The van der Waals surface area contributed by atoms with Gasteiger partial charge in [-0.3, -0.25) is 4.98 Å². The number of hydrogen-bond donors (Lipinski definition) is 0. The van der Waals surface area contributed by atoms with Crippen molar-refractivity contribution in [2.45, 2.75) is 32.4 Å². The molecule has 28 heavy (non-hydrogen) atoms. The minimum Gasteiger partial charge on any atom is -0.497 e. The lowest BCUT2D eigenvalue weighted by atomic mass is 9.95. The Labute approximate surface area is 163 Å². The van der Waals surface area contributed by atoms with Crippen molar-refractivity contribution >= 4 is 0 Å². The second kappa shape index (κ2) is 8.46. The van der Waals surface area contributed by atoms with Crippen molar-refractivity contribution in [2.75, 3.05) is 7.11 Å². The summed E-state index contributed by atoms with van der Waals surface area (Å²) >= 11 is 0. The molecule has 0 radical (unpaired) electrons. The summed E-state index contributed by atoms with van der Waals surface area (Å²) in [7, 11) is 1.61. The third-order valence-electron chi connectivity index (χ3n) is 4.74. The molecule has 0 aliphatic heterocycles. The average Bonchev–Trinajstić information content (AvgIpc) is 2.71. The van der Waals surface area contributed by atoms with Gasteiger partial charge in [-0.1, -0.05) is 43.3 Å². The largest absolute Gasteiger partial charge is 0.497 e. The lowest BCUT2D eigenvalue weighted by Crippen LogP contribution is -2.10. The molecule has 5 heteroatoms. The van der Waals surface area contributed by atoms with Crippen LogP contribution >= 0.6 is 0 Å². The Bertz CT molecular complexity index is 933. The summed E-state index contributed by atoms with van der Waals surface area (Å²) in [4.78, 5) is 4.33. The number of ether oxygens (including phenoxy) is 1. The van der Waals surface area contributed by atoms with Crippen LogP contribution in [0.5, 0.6) is 5.75 Å². The maximum atomic E-state index is 13.6. The van der Waals surface area contributed by atoms with Gasteiger partial charge in [-0.2, -0.15) is 13.2 Å². The average molecular weight is 385 g/mol. The van der Waals surface area contributed by atoms with Gasteiger partial charge in [0.15, 0.2) is 0 Å². The number of hydrogen-bond acceptors (Lipinski definition) is 2. The topological polar surface area (TPSA) is 22.1 Å². The van der Waals surface area contributed by atoms with E-state index in [4.69, 9.17) is 4.74 Å². The number of nitrogens with zero attached hydrogens (tertiary/aromatic N) is 1. The van der Waals surface area contributed by atoms with E-state index in [2.05, 4.69) is 4.98 Å². The SMILES string of the molecule is CCc1ccc(C(F)(F)F)c(-c2ccccc2CCc2ccc(OC)cc2)n1. The Kier molecular flexibility index (Phi) is 6.02. The molecule has 0 spiro atoms. The first-order valence-electron chi connectivity index (χ1n) is 9.20. The van der Waals surface area contributed by atoms with Gasteiger partial charge in [-0.05, 0) is 54.7 Å². The number of aromatic nitrogens is 1. The number of alkyl halides is 3. The maximum Gasteiger partial charge on any atom is 0.418 e. The van der Waals surface area contributed by atoms with Gasteiger partial charge in [0.1, 0.15) is 5.75 Å². The fourth-order valence-electron chi connectivity index (χ4n) is 3.17. The zero-order valence-corrected chi connectivity index (χ0v) is 15.9. The van der Waals surface area contributed by atoms with Gasteiger partial charge in [0, 0.05) is 11.3 Å². The Balaban J connectivity index is 1.95.